The van der Waals surface area contributed by atoms with E-state index in [9.17, 15) is 18.9 Å². The lowest BCUT2D eigenvalue weighted by Crippen LogP contribution is -2.38. The van der Waals surface area contributed by atoms with Crippen molar-refractivity contribution in [1.82, 2.24) is 4.90 Å². The molecule has 0 fully saturated rings. The Bertz CT molecular complexity index is 848. The van der Waals surface area contributed by atoms with E-state index >= 15 is 0 Å². The van der Waals surface area contributed by atoms with Crippen LogP contribution >= 0.6 is 7.75 Å². The minimum atomic E-state index is -4.17. The van der Waals surface area contributed by atoms with Gasteiger partial charge < -0.3 is 34.3 Å². The monoisotopic (exact) mass is 695 g/mol. The van der Waals surface area contributed by atoms with Crippen molar-refractivity contribution in [3.8, 4) is 0 Å². The minimum absolute atomic E-state index is 0.0350. The Kier molecular flexibility index (Phi) is 29.1. The van der Waals surface area contributed by atoms with Crippen LogP contribution in [0.2, 0.25) is 0 Å². The smallest absolute Gasteiger partial charge is 0.464 e. The lowest BCUT2D eigenvalue weighted by Gasteiger charge is -2.20. The van der Waals surface area contributed by atoms with Crippen LogP contribution in [0.15, 0.2) is 4.76 Å². The number of unbranched alkanes of at least 4 members (excludes halogenated alkanes) is 11. The first-order chi connectivity index (χ1) is 22.7. The summed E-state index contributed by atoms with van der Waals surface area (Å²) >= 11 is 0. The summed E-state index contributed by atoms with van der Waals surface area (Å²) in [7, 11) is -2.68. The Morgan fingerprint density at radius 3 is 1.38 bits per heavy atom. The Balaban J connectivity index is 4.71. The minimum Gasteiger partial charge on any atom is -0.464 e. The number of rotatable bonds is 30. The Labute approximate surface area is 282 Å². The zero-order valence-electron chi connectivity index (χ0n) is 29.4. The maximum atomic E-state index is 13.4. The van der Waals surface area contributed by atoms with E-state index in [1.807, 2.05) is 6.92 Å². The van der Waals surface area contributed by atoms with Gasteiger partial charge in [0.05, 0.1) is 46.2 Å². The molecule has 0 radical (unpaired) electrons. The highest BCUT2D eigenvalue weighted by Gasteiger charge is 2.26. The van der Waals surface area contributed by atoms with Crippen LogP contribution < -0.4 is 5.73 Å². The van der Waals surface area contributed by atoms with Crippen molar-refractivity contribution in [3.63, 3.8) is 0 Å². The quantitative estimate of drug-likeness (QED) is 0.0195. The molecule has 47 heavy (non-hydrogen) atoms. The molecule has 0 bridgehead atoms. The standard InChI is InChI=1S/C32H62N3O11P/c1-5-8-11-13-15-17-22-41-31(37)43-24-19-26-45-47(39,34-30(33)35(4)28-29(36)40-21-10-7-3)46-27-20-25-44-32(38)42-23-18-16-14-12-9-6-2/h5-28H2,1-4H3,(H2,33,34,39). The fraction of sp³-hybridized carbons (Fsp3) is 0.875. The Morgan fingerprint density at radius 1 is 0.553 bits per heavy atom. The van der Waals surface area contributed by atoms with E-state index in [-0.39, 0.29) is 58.4 Å². The first-order valence-electron chi connectivity index (χ1n) is 17.4. The van der Waals surface area contributed by atoms with Gasteiger partial charge in [-0.3, -0.25) is 13.8 Å². The second-order valence-corrected chi connectivity index (χ2v) is 12.8. The average Bonchev–Trinajstić information content (AvgIpc) is 3.03. The second kappa shape index (κ2) is 30.7. The Morgan fingerprint density at radius 2 is 0.936 bits per heavy atom. The molecule has 0 spiro atoms. The lowest BCUT2D eigenvalue weighted by molar-refractivity contribution is -0.143. The number of likely N-dealkylation sites (N-methyl/N-ethyl adjacent to an activating group) is 1. The average molecular weight is 696 g/mol. The molecule has 2 N–H and O–H groups in total. The number of hydrogen-bond donors (Lipinski definition) is 1. The molecule has 0 aromatic heterocycles. The van der Waals surface area contributed by atoms with Gasteiger partial charge in [-0.25, -0.2) is 14.2 Å². The zero-order chi connectivity index (χ0) is 35.0. The topological polar surface area (TPSA) is 175 Å². The highest BCUT2D eigenvalue weighted by atomic mass is 31.2. The van der Waals surface area contributed by atoms with E-state index in [0.717, 1.165) is 51.4 Å². The third-order valence-corrected chi connectivity index (χ3v) is 8.17. The summed E-state index contributed by atoms with van der Waals surface area (Å²) in [5.41, 5.74) is 5.99. The van der Waals surface area contributed by atoms with Crippen molar-refractivity contribution in [2.24, 2.45) is 10.5 Å². The predicted octanol–water partition coefficient (Wildman–Crippen LogP) is 7.53. The number of guanidine groups is 1. The molecule has 0 amide bonds. The molecule has 0 rings (SSSR count). The zero-order valence-corrected chi connectivity index (χ0v) is 30.3. The van der Waals surface area contributed by atoms with Crippen molar-refractivity contribution in [2.75, 3.05) is 59.8 Å². The van der Waals surface area contributed by atoms with Crippen molar-refractivity contribution < 1.29 is 51.7 Å². The Hall–Kier alpha value is -2.57. The fourth-order valence-electron chi connectivity index (χ4n) is 3.90. The van der Waals surface area contributed by atoms with Crippen molar-refractivity contribution in [2.45, 2.75) is 124 Å². The highest BCUT2D eigenvalue weighted by Crippen LogP contribution is 2.50. The molecule has 0 aromatic rings. The summed E-state index contributed by atoms with van der Waals surface area (Å²) in [6, 6.07) is 0. The van der Waals surface area contributed by atoms with Gasteiger partial charge >= 0.3 is 26.0 Å². The number of esters is 1. The molecule has 0 saturated heterocycles. The molecule has 0 heterocycles. The van der Waals surface area contributed by atoms with Crippen LogP contribution in [0, 0.1) is 0 Å². The molecule has 0 aliphatic heterocycles. The predicted molar refractivity (Wildman–Crippen MR) is 180 cm³/mol. The third kappa shape index (κ3) is 28.2. The number of carbonyl (C=O) groups excluding carboxylic acids is 3. The highest BCUT2D eigenvalue weighted by molar-refractivity contribution is 7.52. The lowest BCUT2D eigenvalue weighted by atomic mass is 10.1. The molecule has 15 heteroatoms. The molecule has 276 valence electrons. The van der Waals surface area contributed by atoms with E-state index in [4.69, 9.17) is 38.5 Å². The van der Waals surface area contributed by atoms with Gasteiger partial charge in [-0.2, -0.15) is 0 Å². The van der Waals surface area contributed by atoms with Gasteiger partial charge in [0.25, 0.3) is 0 Å². The van der Waals surface area contributed by atoms with Crippen molar-refractivity contribution in [3.05, 3.63) is 0 Å². The van der Waals surface area contributed by atoms with Crippen molar-refractivity contribution >= 4 is 32.0 Å². The van der Waals surface area contributed by atoms with E-state index in [1.54, 1.807) is 0 Å². The molecule has 0 atom stereocenters. The number of carbonyl (C=O) groups is 3. The van der Waals surface area contributed by atoms with Gasteiger partial charge in [0.1, 0.15) is 6.54 Å². The molecule has 0 aromatic carbocycles. The molecule has 0 aliphatic carbocycles. The molecule has 0 saturated carbocycles. The van der Waals surface area contributed by atoms with Gasteiger partial charge in [0, 0.05) is 19.9 Å². The van der Waals surface area contributed by atoms with Gasteiger partial charge in [-0.1, -0.05) is 91.4 Å². The van der Waals surface area contributed by atoms with Gasteiger partial charge in [-0.05, 0) is 19.3 Å². The maximum absolute atomic E-state index is 13.4. The van der Waals surface area contributed by atoms with E-state index in [1.165, 1.54) is 50.5 Å². The van der Waals surface area contributed by atoms with Crippen LogP contribution in [0.3, 0.4) is 0 Å². The number of nitrogens with two attached hydrogens (primary N) is 1. The van der Waals surface area contributed by atoms with E-state index in [0.29, 0.717) is 13.2 Å². The number of nitrogens with zero attached hydrogens (tertiary/aromatic N) is 2. The normalized spacial score (nSPS) is 11.6. The van der Waals surface area contributed by atoms with E-state index in [2.05, 4.69) is 18.6 Å². The third-order valence-electron chi connectivity index (χ3n) is 6.70. The number of hydrogen-bond acceptors (Lipinski definition) is 11. The van der Waals surface area contributed by atoms with Crippen LogP contribution in [0.25, 0.3) is 0 Å². The summed E-state index contributed by atoms with van der Waals surface area (Å²) in [6.45, 7) is 6.60. The largest absolute Gasteiger partial charge is 0.508 e. The summed E-state index contributed by atoms with van der Waals surface area (Å²) < 4.78 is 53.6. The summed E-state index contributed by atoms with van der Waals surface area (Å²) in [5, 5.41) is 0. The first-order valence-corrected chi connectivity index (χ1v) is 18.9. The SMILES string of the molecule is CCCCCCCCOC(=O)OCCCOP(=O)(/N=C(\N)N(C)CC(=O)OCCCC)OCCCOC(=O)OCCCCCCCC. The van der Waals surface area contributed by atoms with Crippen LogP contribution in [0.5, 0.6) is 0 Å². The second-order valence-electron chi connectivity index (χ2n) is 11.2. The summed E-state index contributed by atoms with van der Waals surface area (Å²) in [5.74, 6) is -0.776. The molecule has 0 aliphatic rings. The summed E-state index contributed by atoms with van der Waals surface area (Å²) in [4.78, 5) is 36.9. The maximum Gasteiger partial charge on any atom is 0.508 e. The molecular weight excluding hydrogens is 633 g/mol. The van der Waals surface area contributed by atoms with Crippen LogP contribution in [0.1, 0.15) is 124 Å². The van der Waals surface area contributed by atoms with Crippen LogP contribution in [-0.4, -0.2) is 89.0 Å². The van der Waals surface area contributed by atoms with Gasteiger partial charge in [-0.15, -0.1) is 4.76 Å². The van der Waals surface area contributed by atoms with Crippen molar-refractivity contribution in [1.29, 1.82) is 0 Å². The van der Waals surface area contributed by atoms with Gasteiger partial charge in [0.2, 0.25) is 5.96 Å². The van der Waals surface area contributed by atoms with Gasteiger partial charge in [0.15, 0.2) is 0 Å². The first kappa shape index (κ1) is 44.4. The molecule has 0 unspecified atom stereocenters. The van der Waals surface area contributed by atoms with E-state index < -0.39 is 26.0 Å². The molecule has 14 nitrogen and oxygen atoms in total. The van der Waals surface area contributed by atoms with Crippen LogP contribution in [0.4, 0.5) is 9.59 Å². The fourth-order valence-corrected chi connectivity index (χ4v) is 5.21. The summed E-state index contributed by atoms with van der Waals surface area (Å²) in [6.07, 6.45) is 13.3. The molecular formula is C32H62N3O11P. The van der Waals surface area contributed by atoms with Crippen LogP contribution in [-0.2, 0) is 42.1 Å². The number of ether oxygens (including phenoxy) is 5.